The molecule has 3 aliphatic rings. The normalized spacial score (nSPS) is 38.3. The number of aliphatic hydroxyl groups excluding tert-OH is 10. The summed E-state index contributed by atoms with van der Waals surface area (Å²) < 4.78 is 28.3. The second-order valence-electron chi connectivity index (χ2n) is 12.9. The van der Waals surface area contributed by atoms with Crippen LogP contribution in [0.3, 0.4) is 0 Å². The van der Waals surface area contributed by atoms with E-state index in [1.165, 1.54) is 11.8 Å². The van der Waals surface area contributed by atoms with E-state index in [4.69, 9.17) is 34.8 Å². The molecule has 14 N–H and O–H groups in total. The van der Waals surface area contributed by atoms with Crippen LogP contribution in [0.15, 0.2) is 0 Å². The smallest absolute Gasteiger partial charge is 0.187 e. The van der Waals surface area contributed by atoms with Crippen molar-refractivity contribution in [3.05, 3.63) is 0 Å². The van der Waals surface area contributed by atoms with Crippen LogP contribution in [0, 0.1) is 11.3 Å². The average Bonchev–Trinajstić information content (AvgIpc) is 3.13. The van der Waals surface area contributed by atoms with Crippen LogP contribution in [-0.2, 0) is 23.7 Å². The van der Waals surface area contributed by atoms with Gasteiger partial charge in [-0.15, -0.1) is 11.8 Å². The molecule has 306 valence electrons. The van der Waals surface area contributed by atoms with Crippen LogP contribution >= 0.6 is 35.3 Å². The van der Waals surface area contributed by atoms with Gasteiger partial charge in [0.05, 0.1) is 31.2 Å². The molecule has 52 heavy (non-hydrogen) atoms. The molecule has 2 saturated heterocycles. The first kappa shape index (κ1) is 46.3. The number of ether oxygens (including phenoxy) is 5. The zero-order chi connectivity index (χ0) is 38.2. The Bertz CT molecular complexity index is 1000. The second kappa shape index (κ2) is 24.5. The average molecular weight is 810 g/mol. The quantitative estimate of drug-likeness (QED) is 0.0263. The molecule has 3 fully saturated rings. The second-order valence-corrected chi connectivity index (χ2v) is 16.6. The van der Waals surface area contributed by atoms with Crippen molar-refractivity contribution in [1.82, 2.24) is 5.32 Å². The summed E-state index contributed by atoms with van der Waals surface area (Å²) >= 11 is 4.52. The minimum absolute atomic E-state index is 0.150. The van der Waals surface area contributed by atoms with Crippen molar-refractivity contribution < 1.29 is 74.7 Å². The lowest BCUT2D eigenvalue weighted by molar-refractivity contribution is -0.333. The van der Waals surface area contributed by atoms with Gasteiger partial charge in [-0.3, -0.25) is 5.41 Å². The molecule has 15 atom stereocenters. The number of amidine groups is 1. The van der Waals surface area contributed by atoms with Crippen LogP contribution in [0.5, 0.6) is 0 Å². The molecule has 1 saturated carbocycles. The standard InChI is InChI=1S/C31H59N3O15S3/c32-3-9-50-7-1-5-45-28-26(42)23(39)18(48-30(28)44)14-47-31-29(27(43)22(38)17(13-36)49-31)46-6-2-8-51-10-4-34-20(33)15-52-19-11-16(12-35)21(37)25(41)24(19)40/h16-19,21-31,35-44H,1-15,32H2,(H2,33,34). The van der Waals surface area contributed by atoms with E-state index < -0.39 is 104 Å². The summed E-state index contributed by atoms with van der Waals surface area (Å²) in [5, 5.41) is 113. The summed E-state index contributed by atoms with van der Waals surface area (Å²) in [5.74, 6) is 2.87. The van der Waals surface area contributed by atoms with E-state index in [-0.39, 0.29) is 31.4 Å². The van der Waals surface area contributed by atoms with E-state index in [9.17, 15) is 51.1 Å². The monoisotopic (exact) mass is 809 g/mol. The first-order chi connectivity index (χ1) is 24.9. The predicted molar refractivity (Wildman–Crippen MR) is 194 cm³/mol. The lowest BCUT2D eigenvalue weighted by atomic mass is 9.83. The maximum absolute atomic E-state index is 10.8. The molecule has 0 aromatic rings. The van der Waals surface area contributed by atoms with Crippen molar-refractivity contribution in [2.75, 3.05) is 74.9 Å². The predicted octanol–water partition coefficient (Wildman–Crippen LogP) is -4.38. The summed E-state index contributed by atoms with van der Waals surface area (Å²) in [4.78, 5) is 0. The molecule has 2 heterocycles. The minimum Gasteiger partial charge on any atom is -0.396 e. The molecule has 0 spiro atoms. The molecule has 15 unspecified atom stereocenters. The Morgan fingerprint density at radius 3 is 2.00 bits per heavy atom. The zero-order valence-electron chi connectivity index (χ0n) is 29.1. The zero-order valence-corrected chi connectivity index (χ0v) is 31.5. The number of aliphatic hydroxyl groups is 10. The molecule has 2 aliphatic heterocycles. The van der Waals surface area contributed by atoms with Gasteiger partial charge in [0, 0.05) is 55.6 Å². The Kier molecular flexibility index (Phi) is 21.8. The lowest BCUT2D eigenvalue weighted by Gasteiger charge is -2.43. The Morgan fingerprint density at radius 1 is 0.712 bits per heavy atom. The Hall–Kier alpha value is -0.120. The molecule has 0 aromatic carbocycles. The number of nitrogens with one attached hydrogen (secondary N) is 2. The number of thioether (sulfide) groups is 3. The molecule has 21 heteroatoms. The molecule has 0 aromatic heterocycles. The number of hydrogen-bond donors (Lipinski definition) is 13. The summed E-state index contributed by atoms with van der Waals surface area (Å²) in [6, 6.07) is 0. The number of hydrogen-bond acceptors (Lipinski definition) is 20. The fourth-order valence-electron chi connectivity index (χ4n) is 5.99. The van der Waals surface area contributed by atoms with Crippen LogP contribution in [-0.4, -0.2) is 217 Å². The van der Waals surface area contributed by atoms with Gasteiger partial charge in [0.15, 0.2) is 12.6 Å². The summed E-state index contributed by atoms with van der Waals surface area (Å²) in [5.41, 5.74) is 5.47. The molecule has 0 amide bonds. The van der Waals surface area contributed by atoms with E-state index in [0.29, 0.717) is 43.9 Å². The van der Waals surface area contributed by atoms with Gasteiger partial charge in [0.25, 0.3) is 0 Å². The maximum atomic E-state index is 10.8. The summed E-state index contributed by atoms with van der Waals surface area (Å²) in [7, 11) is 0. The Balaban J connectivity index is 1.36. The lowest BCUT2D eigenvalue weighted by Crippen LogP contribution is -2.62. The molecule has 0 radical (unpaired) electrons. The number of nitrogens with two attached hydrogens (primary N) is 1. The van der Waals surface area contributed by atoms with Gasteiger partial charge in [-0.1, -0.05) is 0 Å². The van der Waals surface area contributed by atoms with Crippen LogP contribution < -0.4 is 11.1 Å². The van der Waals surface area contributed by atoms with E-state index in [0.717, 1.165) is 11.5 Å². The van der Waals surface area contributed by atoms with Crippen molar-refractivity contribution in [2.24, 2.45) is 11.7 Å². The number of rotatable bonds is 23. The molecular weight excluding hydrogens is 751 g/mol. The Morgan fingerprint density at radius 2 is 1.35 bits per heavy atom. The summed E-state index contributed by atoms with van der Waals surface area (Å²) in [6.45, 7) is 0.126. The SMILES string of the molecule is N=C(CSC1CC(CO)C(O)C(O)C1O)NCCSCCCOC1C(OCC2OC(O)C(OCCCSCCN)C(O)C2O)OC(CO)C(O)C1O. The third-order valence-corrected chi connectivity index (χ3v) is 12.5. The topological polar surface area (TPSA) is 310 Å². The van der Waals surface area contributed by atoms with E-state index in [1.54, 1.807) is 23.5 Å². The van der Waals surface area contributed by atoms with Crippen molar-refractivity contribution in [2.45, 2.75) is 104 Å². The van der Waals surface area contributed by atoms with Crippen LogP contribution in [0.25, 0.3) is 0 Å². The highest BCUT2D eigenvalue weighted by Crippen LogP contribution is 2.33. The van der Waals surface area contributed by atoms with Gasteiger partial charge in [-0.25, -0.2) is 0 Å². The highest BCUT2D eigenvalue weighted by Gasteiger charge is 2.48. The van der Waals surface area contributed by atoms with Gasteiger partial charge >= 0.3 is 0 Å². The van der Waals surface area contributed by atoms with Crippen molar-refractivity contribution in [3.63, 3.8) is 0 Å². The molecule has 18 nitrogen and oxygen atoms in total. The molecular formula is C31H59N3O15S3. The van der Waals surface area contributed by atoms with Crippen molar-refractivity contribution >= 4 is 41.1 Å². The van der Waals surface area contributed by atoms with Gasteiger partial charge in [-0.2, -0.15) is 23.5 Å². The maximum Gasteiger partial charge on any atom is 0.187 e. The summed E-state index contributed by atoms with van der Waals surface area (Å²) in [6.07, 6.45) is -15.7. The first-order valence-corrected chi connectivity index (χ1v) is 20.9. The van der Waals surface area contributed by atoms with Crippen molar-refractivity contribution in [1.29, 1.82) is 5.41 Å². The first-order valence-electron chi connectivity index (χ1n) is 17.5. The third kappa shape index (κ3) is 13.8. The fraction of sp³-hybridized carbons (Fsp3) is 0.968. The molecule has 0 bridgehead atoms. The Labute approximate surface area is 316 Å². The highest BCUT2D eigenvalue weighted by molar-refractivity contribution is 8.00. The van der Waals surface area contributed by atoms with E-state index >= 15 is 0 Å². The van der Waals surface area contributed by atoms with Crippen LogP contribution in [0.4, 0.5) is 0 Å². The molecule has 1 aliphatic carbocycles. The van der Waals surface area contributed by atoms with Crippen LogP contribution in [0.1, 0.15) is 19.3 Å². The minimum atomic E-state index is -1.56. The van der Waals surface area contributed by atoms with E-state index in [1.807, 2.05) is 0 Å². The molecule has 3 rings (SSSR count). The van der Waals surface area contributed by atoms with Gasteiger partial charge in [-0.05, 0) is 30.8 Å². The largest absolute Gasteiger partial charge is 0.396 e. The van der Waals surface area contributed by atoms with E-state index in [2.05, 4.69) is 5.32 Å². The fourth-order valence-corrected chi connectivity index (χ4v) is 8.68. The van der Waals surface area contributed by atoms with Gasteiger partial charge in [0.1, 0.15) is 60.8 Å². The van der Waals surface area contributed by atoms with Crippen molar-refractivity contribution in [3.8, 4) is 0 Å². The van der Waals surface area contributed by atoms with Crippen LogP contribution in [0.2, 0.25) is 0 Å². The van der Waals surface area contributed by atoms with Gasteiger partial charge in [0.2, 0.25) is 0 Å². The van der Waals surface area contributed by atoms with Gasteiger partial charge < -0.3 is 85.8 Å². The highest BCUT2D eigenvalue weighted by atomic mass is 32.2. The third-order valence-electron chi connectivity index (χ3n) is 9.02.